The Morgan fingerprint density at radius 1 is 1.53 bits per heavy atom. The molecule has 1 N–H and O–H groups in total. The normalized spacial score (nSPS) is 22.2. The lowest BCUT2D eigenvalue weighted by molar-refractivity contribution is -0.172. The monoisotopic (exact) mass is 266 g/mol. The summed E-state index contributed by atoms with van der Waals surface area (Å²) in [6, 6.07) is 4.37. The van der Waals surface area contributed by atoms with Crippen molar-refractivity contribution in [2.45, 2.75) is 39.2 Å². The topological polar surface area (TPSA) is 46.5 Å². The molecular weight excluding hydrogens is 247 g/mol. The Labute approximate surface area is 112 Å². The summed E-state index contributed by atoms with van der Waals surface area (Å²) in [4.78, 5) is 12.1. The molecule has 1 aromatic rings. The van der Waals surface area contributed by atoms with Crippen molar-refractivity contribution in [3.63, 3.8) is 0 Å². The van der Waals surface area contributed by atoms with Gasteiger partial charge in [-0.2, -0.15) is 0 Å². The third-order valence-electron chi connectivity index (χ3n) is 4.09. The minimum atomic E-state index is -1.38. The molecule has 0 heterocycles. The number of aliphatic hydroxyl groups is 1. The van der Waals surface area contributed by atoms with Crippen molar-refractivity contribution in [2.24, 2.45) is 5.41 Å². The van der Waals surface area contributed by atoms with Gasteiger partial charge in [-0.05, 0) is 56.9 Å². The number of fused-ring (bicyclic) bond motifs is 1. The number of hydrogen-bond donors (Lipinski definition) is 1. The number of esters is 1. The molecule has 19 heavy (non-hydrogen) atoms. The van der Waals surface area contributed by atoms with E-state index in [0.29, 0.717) is 18.4 Å². The zero-order valence-electron chi connectivity index (χ0n) is 11.5. The maximum atomic E-state index is 13.4. The van der Waals surface area contributed by atoms with Crippen LogP contribution in [-0.2, 0) is 21.6 Å². The van der Waals surface area contributed by atoms with Crippen LogP contribution in [0.3, 0.4) is 0 Å². The van der Waals surface area contributed by atoms with Gasteiger partial charge in [0.1, 0.15) is 11.4 Å². The zero-order chi connectivity index (χ0) is 14.3. The van der Waals surface area contributed by atoms with Gasteiger partial charge in [0.2, 0.25) is 0 Å². The second-order valence-corrected chi connectivity index (χ2v) is 5.51. The first-order valence-corrected chi connectivity index (χ1v) is 6.51. The summed E-state index contributed by atoms with van der Waals surface area (Å²) in [7, 11) is 0. The van der Waals surface area contributed by atoms with Gasteiger partial charge < -0.3 is 9.84 Å². The van der Waals surface area contributed by atoms with Gasteiger partial charge in [-0.25, -0.2) is 4.39 Å². The van der Waals surface area contributed by atoms with E-state index < -0.39 is 22.8 Å². The predicted octanol–water partition coefficient (Wildman–Crippen LogP) is 2.55. The lowest BCUT2D eigenvalue weighted by Gasteiger charge is -2.38. The maximum absolute atomic E-state index is 13.4. The van der Waals surface area contributed by atoms with Crippen LogP contribution in [0.4, 0.5) is 4.39 Å². The molecule has 0 bridgehead atoms. The van der Waals surface area contributed by atoms with E-state index >= 15 is 0 Å². The quantitative estimate of drug-likeness (QED) is 0.855. The largest absolute Gasteiger partial charge is 0.465 e. The van der Waals surface area contributed by atoms with Crippen molar-refractivity contribution >= 4 is 5.97 Å². The van der Waals surface area contributed by atoms with Gasteiger partial charge in [0.25, 0.3) is 0 Å². The second kappa shape index (κ2) is 4.60. The first-order chi connectivity index (χ1) is 8.83. The summed E-state index contributed by atoms with van der Waals surface area (Å²) < 4.78 is 18.5. The number of rotatable bonds is 3. The molecular formula is C15H19FO3. The number of benzene rings is 1. The van der Waals surface area contributed by atoms with Gasteiger partial charge in [0.05, 0.1) is 12.0 Å². The maximum Gasteiger partial charge on any atom is 0.314 e. The molecule has 1 aromatic carbocycles. The minimum Gasteiger partial charge on any atom is -0.465 e. The van der Waals surface area contributed by atoms with Gasteiger partial charge in [0, 0.05) is 0 Å². The van der Waals surface area contributed by atoms with Crippen LogP contribution in [0.25, 0.3) is 0 Å². The molecule has 1 aliphatic carbocycles. The van der Waals surface area contributed by atoms with Crippen molar-refractivity contribution in [3.05, 3.63) is 35.1 Å². The Bertz CT molecular complexity index is 510. The van der Waals surface area contributed by atoms with E-state index in [0.717, 1.165) is 5.56 Å². The van der Waals surface area contributed by atoms with Gasteiger partial charge in [-0.1, -0.05) is 6.07 Å². The molecule has 4 heteroatoms. The van der Waals surface area contributed by atoms with Crippen molar-refractivity contribution in [1.29, 1.82) is 0 Å². The fraction of sp³-hybridized carbons (Fsp3) is 0.533. The van der Waals surface area contributed by atoms with Crippen molar-refractivity contribution in [3.8, 4) is 0 Å². The van der Waals surface area contributed by atoms with Crippen molar-refractivity contribution in [2.75, 3.05) is 6.61 Å². The summed E-state index contributed by atoms with van der Waals surface area (Å²) >= 11 is 0. The molecule has 0 aliphatic heterocycles. The number of carbonyl (C=O) groups is 1. The fourth-order valence-corrected chi connectivity index (χ4v) is 2.73. The molecule has 0 fully saturated rings. The number of carbonyl (C=O) groups excluding carboxylic acids is 1. The summed E-state index contributed by atoms with van der Waals surface area (Å²) in [5.41, 5.74) is -1.09. The average Bonchev–Trinajstić information content (AvgIpc) is 2.69. The van der Waals surface area contributed by atoms with E-state index in [2.05, 4.69) is 0 Å². The highest BCUT2D eigenvalue weighted by Gasteiger charge is 2.54. The smallest absolute Gasteiger partial charge is 0.314 e. The van der Waals surface area contributed by atoms with Crippen LogP contribution in [0, 0.1) is 11.2 Å². The number of aryl methyl sites for hydroxylation is 1. The van der Waals surface area contributed by atoms with Crippen LogP contribution >= 0.6 is 0 Å². The third kappa shape index (κ3) is 2.04. The molecule has 0 unspecified atom stereocenters. The van der Waals surface area contributed by atoms with E-state index in [1.165, 1.54) is 12.1 Å². The second-order valence-electron chi connectivity index (χ2n) is 5.51. The Balaban J connectivity index is 2.46. The van der Waals surface area contributed by atoms with E-state index in [1.54, 1.807) is 26.8 Å². The summed E-state index contributed by atoms with van der Waals surface area (Å²) in [6.45, 7) is 5.27. The molecule has 2 rings (SSSR count). The van der Waals surface area contributed by atoms with Gasteiger partial charge in [-0.15, -0.1) is 0 Å². The molecule has 3 nitrogen and oxygen atoms in total. The van der Waals surface area contributed by atoms with Gasteiger partial charge in [-0.3, -0.25) is 4.79 Å². The Hall–Kier alpha value is -1.42. The molecule has 1 atom stereocenters. The highest BCUT2D eigenvalue weighted by molar-refractivity contribution is 5.78. The predicted molar refractivity (Wildman–Crippen MR) is 69.0 cm³/mol. The van der Waals surface area contributed by atoms with Crippen LogP contribution < -0.4 is 0 Å². The Kier molecular flexibility index (Phi) is 3.39. The minimum absolute atomic E-state index is 0.258. The van der Waals surface area contributed by atoms with E-state index in [4.69, 9.17) is 4.74 Å². The summed E-state index contributed by atoms with van der Waals surface area (Å²) in [5.74, 6) is -0.867. The van der Waals surface area contributed by atoms with Crippen LogP contribution in [0.5, 0.6) is 0 Å². The van der Waals surface area contributed by atoms with E-state index in [-0.39, 0.29) is 6.61 Å². The molecule has 0 amide bonds. The van der Waals surface area contributed by atoms with Crippen LogP contribution in [0.1, 0.15) is 38.3 Å². The fourth-order valence-electron chi connectivity index (χ4n) is 2.73. The molecule has 0 spiro atoms. The van der Waals surface area contributed by atoms with Gasteiger partial charge in [0.15, 0.2) is 0 Å². The number of hydrogen-bond acceptors (Lipinski definition) is 3. The van der Waals surface area contributed by atoms with Crippen molar-refractivity contribution < 1.29 is 19.0 Å². The molecule has 0 saturated heterocycles. The average molecular weight is 266 g/mol. The SMILES string of the molecule is CCOC(=O)C(C)(C)[C@@]1(O)CCc2ccc(F)cc21. The Morgan fingerprint density at radius 2 is 2.21 bits per heavy atom. The van der Waals surface area contributed by atoms with Crippen LogP contribution in [0.15, 0.2) is 18.2 Å². The number of halogens is 1. The summed E-state index contributed by atoms with van der Waals surface area (Å²) in [6.07, 6.45) is 1.03. The first kappa shape index (κ1) is 14.0. The first-order valence-electron chi connectivity index (χ1n) is 6.51. The standard InChI is InChI=1S/C15H19FO3/c1-4-19-13(17)14(2,3)15(18)8-7-10-5-6-11(16)9-12(10)15/h5-6,9,18H,4,7-8H2,1-3H3/t15-/m1/s1. The van der Waals surface area contributed by atoms with Crippen LogP contribution in [0.2, 0.25) is 0 Å². The lowest BCUT2D eigenvalue weighted by atomic mass is 9.71. The molecule has 104 valence electrons. The zero-order valence-corrected chi connectivity index (χ0v) is 11.5. The summed E-state index contributed by atoms with van der Waals surface area (Å²) in [5, 5.41) is 10.9. The van der Waals surface area contributed by atoms with Crippen molar-refractivity contribution in [1.82, 2.24) is 0 Å². The highest BCUT2D eigenvalue weighted by Crippen LogP contribution is 2.49. The van der Waals surface area contributed by atoms with Crippen LogP contribution in [-0.4, -0.2) is 17.7 Å². The van der Waals surface area contributed by atoms with E-state index in [9.17, 15) is 14.3 Å². The molecule has 0 saturated carbocycles. The van der Waals surface area contributed by atoms with Gasteiger partial charge >= 0.3 is 5.97 Å². The van der Waals surface area contributed by atoms with E-state index in [1.807, 2.05) is 0 Å². The Morgan fingerprint density at radius 3 is 2.84 bits per heavy atom. The lowest BCUT2D eigenvalue weighted by Crippen LogP contribution is -2.46. The number of ether oxygens (including phenoxy) is 1. The molecule has 0 radical (unpaired) electrons. The highest BCUT2D eigenvalue weighted by atomic mass is 19.1. The molecule has 0 aromatic heterocycles. The molecule has 1 aliphatic rings. The third-order valence-corrected chi connectivity index (χ3v) is 4.09.